The molecule has 2 aromatic rings. The van der Waals surface area contributed by atoms with Crippen LogP contribution < -0.4 is 10.5 Å². The Morgan fingerprint density at radius 3 is 3.00 bits per heavy atom. The van der Waals surface area contributed by atoms with Crippen LogP contribution in [0.15, 0.2) is 41.4 Å². The van der Waals surface area contributed by atoms with Gasteiger partial charge in [-0.1, -0.05) is 15.9 Å². The normalized spacial score (nSPS) is 12.4. The van der Waals surface area contributed by atoms with Gasteiger partial charge in [0, 0.05) is 22.9 Å². The summed E-state index contributed by atoms with van der Waals surface area (Å²) in [4.78, 5) is 4.00. The highest BCUT2D eigenvalue weighted by Gasteiger charge is 2.07. The topological polar surface area (TPSA) is 53.1 Å². The van der Waals surface area contributed by atoms with Crippen LogP contribution in [0.5, 0.6) is 5.75 Å². The minimum Gasteiger partial charge on any atom is -0.491 e. The second-order valence-corrected chi connectivity index (χ2v) is 5.50. The molecule has 0 fully saturated rings. The molecular formula is C14H18BrN3O. The Kier molecular flexibility index (Phi) is 4.99. The van der Waals surface area contributed by atoms with Crippen molar-refractivity contribution < 1.29 is 4.74 Å². The zero-order valence-corrected chi connectivity index (χ0v) is 12.5. The number of nitrogens with two attached hydrogens (primary N) is 1. The van der Waals surface area contributed by atoms with Crippen molar-refractivity contribution in [3.05, 3.63) is 47.0 Å². The zero-order chi connectivity index (χ0) is 13.7. The average molecular weight is 324 g/mol. The van der Waals surface area contributed by atoms with Crippen molar-refractivity contribution in [2.24, 2.45) is 5.73 Å². The summed E-state index contributed by atoms with van der Waals surface area (Å²) >= 11 is 3.48. The molecule has 0 amide bonds. The largest absolute Gasteiger partial charge is 0.491 e. The quantitative estimate of drug-likeness (QED) is 0.889. The lowest BCUT2D eigenvalue weighted by Gasteiger charge is -2.14. The highest BCUT2D eigenvalue weighted by Crippen LogP contribution is 2.24. The number of aromatic nitrogens is 2. The Labute approximate surface area is 121 Å². The third kappa shape index (κ3) is 4.36. The molecule has 2 N–H and O–H groups in total. The van der Waals surface area contributed by atoms with Crippen molar-refractivity contribution in [2.45, 2.75) is 25.9 Å². The Morgan fingerprint density at radius 1 is 1.47 bits per heavy atom. The van der Waals surface area contributed by atoms with E-state index in [1.165, 1.54) is 0 Å². The molecule has 1 aromatic carbocycles. The van der Waals surface area contributed by atoms with E-state index < -0.39 is 0 Å². The van der Waals surface area contributed by atoms with Gasteiger partial charge in [0.05, 0.1) is 12.9 Å². The lowest BCUT2D eigenvalue weighted by Crippen LogP contribution is -2.18. The van der Waals surface area contributed by atoms with Crippen molar-refractivity contribution in [2.75, 3.05) is 6.61 Å². The second kappa shape index (κ2) is 6.73. The molecule has 0 radical (unpaired) electrons. The van der Waals surface area contributed by atoms with E-state index >= 15 is 0 Å². The lowest BCUT2D eigenvalue weighted by atomic mass is 10.1. The van der Waals surface area contributed by atoms with E-state index in [9.17, 15) is 0 Å². The van der Waals surface area contributed by atoms with Crippen LogP contribution in [0.1, 0.15) is 12.5 Å². The average Bonchev–Trinajstić information content (AvgIpc) is 2.84. The predicted molar refractivity (Wildman–Crippen MR) is 79.2 cm³/mol. The van der Waals surface area contributed by atoms with E-state index in [2.05, 4.69) is 27.0 Å². The molecule has 0 saturated carbocycles. The molecule has 0 bridgehead atoms. The van der Waals surface area contributed by atoms with Crippen LogP contribution in [0.25, 0.3) is 0 Å². The Balaban J connectivity index is 1.98. The molecule has 0 spiro atoms. The molecule has 4 nitrogen and oxygen atoms in total. The minimum absolute atomic E-state index is 0.116. The maximum Gasteiger partial charge on any atom is 0.122 e. The number of hydrogen-bond acceptors (Lipinski definition) is 3. The van der Waals surface area contributed by atoms with E-state index in [0.717, 1.165) is 28.8 Å². The monoisotopic (exact) mass is 323 g/mol. The highest BCUT2D eigenvalue weighted by molar-refractivity contribution is 9.10. The SMILES string of the molecule is CC(N)Cc1cc(Br)ccc1OCCn1ccnc1. The van der Waals surface area contributed by atoms with E-state index in [-0.39, 0.29) is 6.04 Å². The molecule has 1 aromatic heterocycles. The number of halogens is 1. The van der Waals surface area contributed by atoms with Gasteiger partial charge in [0.15, 0.2) is 0 Å². The maximum absolute atomic E-state index is 5.87. The first-order chi connectivity index (χ1) is 9.15. The van der Waals surface area contributed by atoms with E-state index in [0.29, 0.717) is 6.61 Å². The molecule has 0 aliphatic carbocycles. The van der Waals surface area contributed by atoms with Crippen LogP contribution in [0.4, 0.5) is 0 Å². The minimum atomic E-state index is 0.116. The first-order valence-corrected chi connectivity index (χ1v) is 7.07. The van der Waals surface area contributed by atoms with Gasteiger partial charge < -0.3 is 15.0 Å². The van der Waals surface area contributed by atoms with Crippen LogP contribution in [-0.2, 0) is 13.0 Å². The van der Waals surface area contributed by atoms with Crippen molar-refractivity contribution >= 4 is 15.9 Å². The summed E-state index contributed by atoms with van der Waals surface area (Å²) in [5.41, 5.74) is 7.00. The second-order valence-electron chi connectivity index (χ2n) is 4.58. The van der Waals surface area contributed by atoms with Crippen molar-refractivity contribution in [1.29, 1.82) is 0 Å². The van der Waals surface area contributed by atoms with Gasteiger partial charge in [-0.15, -0.1) is 0 Å². The van der Waals surface area contributed by atoms with Crippen LogP contribution in [0.2, 0.25) is 0 Å². The van der Waals surface area contributed by atoms with Gasteiger partial charge in [-0.2, -0.15) is 0 Å². The van der Waals surface area contributed by atoms with Gasteiger partial charge in [0.2, 0.25) is 0 Å². The molecule has 1 atom stereocenters. The maximum atomic E-state index is 5.87. The third-order valence-corrected chi connectivity index (χ3v) is 3.22. The lowest BCUT2D eigenvalue weighted by molar-refractivity contribution is 0.295. The summed E-state index contributed by atoms with van der Waals surface area (Å²) in [5, 5.41) is 0. The summed E-state index contributed by atoms with van der Waals surface area (Å²) in [5.74, 6) is 0.903. The Bertz CT molecular complexity index is 511. The van der Waals surface area contributed by atoms with Gasteiger partial charge in [0.1, 0.15) is 12.4 Å². The number of rotatable bonds is 6. The number of hydrogen-bond donors (Lipinski definition) is 1. The Hall–Kier alpha value is -1.33. The molecule has 2 rings (SSSR count). The van der Waals surface area contributed by atoms with E-state index in [4.69, 9.17) is 10.5 Å². The summed E-state index contributed by atoms with van der Waals surface area (Å²) in [6.07, 6.45) is 6.28. The fourth-order valence-electron chi connectivity index (χ4n) is 1.88. The van der Waals surface area contributed by atoms with Gasteiger partial charge in [-0.3, -0.25) is 0 Å². The van der Waals surface area contributed by atoms with E-state index in [1.54, 1.807) is 12.5 Å². The van der Waals surface area contributed by atoms with Crippen LogP contribution in [0.3, 0.4) is 0 Å². The number of imidazole rings is 1. The molecule has 102 valence electrons. The first-order valence-electron chi connectivity index (χ1n) is 6.27. The molecule has 1 unspecified atom stereocenters. The molecular weight excluding hydrogens is 306 g/mol. The molecule has 0 aliphatic rings. The fourth-order valence-corrected chi connectivity index (χ4v) is 2.28. The standard InChI is InChI=1S/C14H18BrN3O/c1-11(16)8-12-9-13(15)2-3-14(12)19-7-6-18-5-4-17-10-18/h2-5,9-11H,6-8,16H2,1H3. The van der Waals surface area contributed by atoms with Gasteiger partial charge >= 0.3 is 0 Å². The van der Waals surface area contributed by atoms with Crippen molar-refractivity contribution in [3.63, 3.8) is 0 Å². The fraction of sp³-hybridized carbons (Fsp3) is 0.357. The smallest absolute Gasteiger partial charge is 0.122 e. The molecule has 1 heterocycles. The summed E-state index contributed by atoms with van der Waals surface area (Å²) in [6, 6.07) is 6.15. The van der Waals surface area contributed by atoms with Crippen molar-refractivity contribution in [1.82, 2.24) is 9.55 Å². The molecule has 0 aliphatic heterocycles. The van der Waals surface area contributed by atoms with Gasteiger partial charge in [-0.25, -0.2) is 4.98 Å². The Morgan fingerprint density at radius 2 is 2.32 bits per heavy atom. The summed E-state index contributed by atoms with van der Waals surface area (Å²) < 4.78 is 8.88. The van der Waals surface area contributed by atoms with Crippen LogP contribution in [-0.4, -0.2) is 22.2 Å². The third-order valence-electron chi connectivity index (χ3n) is 2.73. The molecule has 19 heavy (non-hydrogen) atoms. The first kappa shape index (κ1) is 14.1. The van der Waals surface area contributed by atoms with Crippen LogP contribution >= 0.6 is 15.9 Å². The molecule has 0 saturated heterocycles. The van der Waals surface area contributed by atoms with Crippen molar-refractivity contribution in [3.8, 4) is 5.75 Å². The van der Waals surface area contributed by atoms with Gasteiger partial charge in [0.25, 0.3) is 0 Å². The zero-order valence-electron chi connectivity index (χ0n) is 10.9. The molecule has 5 heteroatoms. The van der Waals surface area contributed by atoms with Crippen LogP contribution in [0, 0.1) is 0 Å². The van der Waals surface area contributed by atoms with E-state index in [1.807, 2.05) is 29.8 Å². The number of ether oxygens (including phenoxy) is 1. The highest BCUT2D eigenvalue weighted by atomic mass is 79.9. The summed E-state index contributed by atoms with van der Waals surface area (Å²) in [6.45, 7) is 3.40. The summed E-state index contributed by atoms with van der Waals surface area (Å²) in [7, 11) is 0. The predicted octanol–water partition coefficient (Wildman–Crippen LogP) is 2.61. The number of nitrogens with zero attached hydrogens (tertiary/aromatic N) is 2. The van der Waals surface area contributed by atoms with Gasteiger partial charge in [-0.05, 0) is 37.1 Å². The number of benzene rings is 1.